The van der Waals surface area contributed by atoms with Gasteiger partial charge in [0.15, 0.2) is 9.84 Å². The summed E-state index contributed by atoms with van der Waals surface area (Å²) in [6.07, 6.45) is 0. The van der Waals surface area contributed by atoms with Gasteiger partial charge in [-0.15, -0.1) is 0 Å². The molecule has 0 bridgehead atoms. The molecule has 0 aromatic heterocycles. The molecular formula is C11H23NO4S. The summed E-state index contributed by atoms with van der Waals surface area (Å²) >= 11 is 0. The number of carbonyl (C=O) groups excluding carboxylic acids is 1. The maximum Gasteiger partial charge on any atom is 0.321 e. The van der Waals surface area contributed by atoms with Gasteiger partial charge in [-0.3, -0.25) is 4.79 Å². The molecule has 1 unspecified atom stereocenters. The Morgan fingerprint density at radius 1 is 1.35 bits per heavy atom. The van der Waals surface area contributed by atoms with E-state index in [0.717, 1.165) is 0 Å². The van der Waals surface area contributed by atoms with Crippen LogP contribution in [-0.4, -0.2) is 44.1 Å². The molecule has 0 spiro atoms. The van der Waals surface area contributed by atoms with Crippen LogP contribution < -0.4 is 5.32 Å². The predicted molar refractivity (Wildman–Crippen MR) is 67.6 cm³/mol. The average Bonchev–Trinajstić information content (AvgIpc) is 1.96. The smallest absolute Gasteiger partial charge is 0.321 e. The fraction of sp³-hybridized carbons (Fsp3) is 0.909. The topological polar surface area (TPSA) is 72.5 Å². The lowest BCUT2D eigenvalue weighted by molar-refractivity contribution is -0.151. The van der Waals surface area contributed by atoms with Gasteiger partial charge in [0.05, 0.1) is 5.75 Å². The minimum absolute atomic E-state index is 0.0555. The molecule has 0 aromatic carbocycles. The summed E-state index contributed by atoms with van der Waals surface area (Å²) in [6, 6.07) is -0.160. The normalized spacial score (nSPS) is 14.4. The number of hydrogen-bond acceptors (Lipinski definition) is 5. The molecule has 6 heteroatoms. The van der Waals surface area contributed by atoms with Crippen LogP contribution in [0.25, 0.3) is 0 Å². The molecule has 0 aromatic rings. The van der Waals surface area contributed by atoms with Gasteiger partial charge in [0.2, 0.25) is 0 Å². The quantitative estimate of drug-likeness (QED) is 0.717. The van der Waals surface area contributed by atoms with Gasteiger partial charge in [-0.2, -0.15) is 0 Å². The van der Waals surface area contributed by atoms with Crippen molar-refractivity contribution in [3.8, 4) is 0 Å². The van der Waals surface area contributed by atoms with E-state index < -0.39 is 27.2 Å². The third-order valence-electron chi connectivity index (χ3n) is 1.81. The number of carbonyl (C=O) groups is 1. The molecule has 0 aliphatic carbocycles. The highest BCUT2D eigenvalue weighted by Crippen LogP contribution is 2.08. The van der Waals surface area contributed by atoms with Crippen LogP contribution >= 0.6 is 0 Å². The first-order chi connectivity index (χ1) is 7.56. The SMILES string of the molecule is CCNC(C)CS(=O)(=O)CC(=O)OC(C)(C)C. The molecule has 0 heterocycles. The third kappa shape index (κ3) is 9.12. The number of sulfone groups is 1. The molecule has 5 nitrogen and oxygen atoms in total. The molecule has 0 aliphatic heterocycles. The average molecular weight is 265 g/mol. The highest BCUT2D eigenvalue weighted by atomic mass is 32.2. The monoisotopic (exact) mass is 265 g/mol. The van der Waals surface area contributed by atoms with Crippen molar-refractivity contribution in [1.82, 2.24) is 5.32 Å². The van der Waals surface area contributed by atoms with Crippen molar-refractivity contribution in [1.29, 1.82) is 0 Å². The zero-order valence-corrected chi connectivity index (χ0v) is 12.1. The Morgan fingerprint density at radius 2 is 1.88 bits per heavy atom. The van der Waals surface area contributed by atoms with Crippen molar-refractivity contribution in [2.75, 3.05) is 18.1 Å². The van der Waals surface area contributed by atoms with Crippen LogP contribution in [0, 0.1) is 0 Å². The summed E-state index contributed by atoms with van der Waals surface area (Å²) in [6.45, 7) is 9.49. The van der Waals surface area contributed by atoms with E-state index in [1.54, 1.807) is 27.7 Å². The minimum atomic E-state index is -3.41. The third-order valence-corrected chi connectivity index (χ3v) is 3.50. The van der Waals surface area contributed by atoms with E-state index >= 15 is 0 Å². The highest BCUT2D eigenvalue weighted by molar-refractivity contribution is 7.92. The number of nitrogens with one attached hydrogen (secondary N) is 1. The van der Waals surface area contributed by atoms with E-state index in [4.69, 9.17) is 4.74 Å². The van der Waals surface area contributed by atoms with Crippen molar-refractivity contribution in [3.63, 3.8) is 0 Å². The molecule has 1 N–H and O–H groups in total. The fourth-order valence-electron chi connectivity index (χ4n) is 1.40. The summed E-state index contributed by atoms with van der Waals surface area (Å²) in [5.74, 6) is -1.30. The van der Waals surface area contributed by atoms with Crippen LogP contribution in [0.4, 0.5) is 0 Å². The summed E-state index contributed by atoms with van der Waals surface area (Å²) in [5, 5.41) is 2.99. The van der Waals surface area contributed by atoms with Gasteiger partial charge in [-0.25, -0.2) is 8.42 Å². The van der Waals surface area contributed by atoms with Crippen LogP contribution in [-0.2, 0) is 19.4 Å². The van der Waals surface area contributed by atoms with Crippen molar-refractivity contribution in [2.24, 2.45) is 0 Å². The van der Waals surface area contributed by atoms with E-state index in [0.29, 0.717) is 6.54 Å². The molecule has 1 atom stereocenters. The maximum absolute atomic E-state index is 11.7. The van der Waals surface area contributed by atoms with Crippen LogP contribution in [0.1, 0.15) is 34.6 Å². The summed E-state index contributed by atoms with van der Waals surface area (Å²) in [5.41, 5.74) is -0.653. The minimum Gasteiger partial charge on any atom is -0.459 e. The zero-order chi connectivity index (χ0) is 13.7. The van der Waals surface area contributed by atoms with E-state index in [1.807, 2.05) is 6.92 Å². The highest BCUT2D eigenvalue weighted by Gasteiger charge is 2.24. The predicted octanol–water partition coefficient (Wildman–Crippen LogP) is 0.741. The Morgan fingerprint density at radius 3 is 2.29 bits per heavy atom. The fourth-order valence-corrected chi connectivity index (χ4v) is 2.81. The van der Waals surface area contributed by atoms with Gasteiger partial charge >= 0.3 is 5.97 Å². The molecule has 0 amide bonds. The van der Waals surface area contributed by atoms with Gasteiger partial charge in [0.1, 0.15) is 11.4 Å². The molecule has 0 rings (SSSR count). The van der Waals surface area contributed by atoms with E-state index in [-0.39, 0.29) is 11.8 Å². The molecule has 0 fully saturated rings. The first-order valence-electron chi connectivity index (χ1n) is 5.71. The number of esters is 1. The Bertz CT molecular complexity index is 343. The summed E-state index contributed by atoms with van der Waals surface area (Å²) in [7, 11) is -3.41. The van der Waals surface area contributed by atoms with Gasteiger partial charge in [-0.05, 0) is 34.2 Å². The molecule has 17 heavy (non-hydrogen) atoms. The standard InChI is InChI=1S/C11H23NO4S/c1-6-12-9(2)7-17(14,15)8-10(13)16-11(3,4)5/h9,12H,6-8H2,1-5H3. The van der Waals surface area contributed by atoms with Crippen molar-refractivity contribution >= 4 is 15.8 Å². The van der Waals surface area contributed by atoms with E-state index in [1.165, 1.54) is 0 Å². The van der Waals surface area contributed by atoms with Crippen molar-refractivity contribution in [3.05, 3.63) is 0 Å². The lowest BCUT2D eigenvalue weighted by Gasteiger charge is -2.19. The van der Waals surface area contributed by atoms with E-state index in [9.17, 15) is 13.2 Å². The Hall–Kier alpha value is -0.620. The molecule has 0 aliphatic rings. The second-order valence-corrected chi connectivity index (χ2v) is 7.21. The molecule has 0 saturated carbocycles. The lowest BCUT2D eigenvalue weighted by atomic mass is 10.2. The zero-order valence-electron chi connectivity index (χ0n) is 11.2. The Balaban J connectivity index is 4.31. The molecule has 0 radical (unpaired) electrons. The van der Waals surface area contributed by atoms with Crippen LogP contribution in [0.3, 0.4) is 0 Å². The van der Waals surface area contributed by atoms with Crippen LogP contribution in [0.5, 0.6) is 0 Å². The van der Waals surface area contributed by atoms with Crippen molar-refractivity contribution in [2.45, 2.75) is 46.3 Å². The Kier molecular flexibility index (Phi) is 6.12. The first kappa shape index (κ1) is 16.4. The van der Waals surface area contributed by atoms with Gasteiger partial charge in [0.25, 0.3) is 0 Å². The molecular weight excluding hydrogens is 242 g/mol. The number of ether oxygens (including phenoxy) is 1. The largest absolute Gasteiger partial charge is 0.459 e. The molecule has 102 valence electrons. The molecule has 0 saturated heterocycles. The first-order valence-corrected chi connectivity index (χ1v) is 7.53. The lowest BCUT2D eigenvalue weighted by Crippen LogP contribution is -2.36. The number of rotatable bonds is 6. The van der Waals surface area contributed by atoms with Crippen molar-refractivity contribution < 1.29 is 17.9 Å². The summed E-state index contributed by atoms with van der Waals surface area (Å²) in [4.78, 5) is 11.4. The maximum atomic E-state index is 11.7. The Labute approximate surface area is 104 Å². The number of hydrogen-bond donors (Lipinski definition) is 1. The van der Waals surface area contributed by atoms with Gasteiger partial charge in [-0.1, -0.05) is 6.92 Å². The summed E-state index contributed by atoms with van der Waals surface area (Å²) < 4.78 is 28.3. The van der Waals surface area contributed by atoms with E-state index in [2.05, 4.69) is 5.32 Å². The second kappa shape index (κ2) is 6.35. The van der Waals surface area contributed by atoms with Crippen LogP contribution in [0.15, 0.2) is 0 Å². The van der Waals surface area contributed by atoms with Gasteiger partial charge in [0, 0.05) is 6.04 Å². The second-order valence-electron chi connectivity index (χ2n) is 5.10. The van der Waals surface area contributed by atoms with Crippen LogP contribution in [0.2, 0.25) is 0 Å². The van der Waals surface area contributed by atoms with Gasteiger partial charge < -0.3 is 10.1 Å².